The highest BCUT2D eigenvalue weighted by molar-refractivity contribution is 7.66. The predicted molar refractivity (Wildman–Crippen MR) is 255 cm³/mol. The van der Waals surface area contributed by atoms with Crippen LogP contribution < -0.4 is 0 Å². The van der Waals surface area contributed by atoms with E-state index in [1.165, 1.54) is 44.5 Å². The maximum atomic E-state index is 2.89. The van der Waals surface area contributed by atoms with Crippen LogP contribution in [0.25, 0.3) is 0 Å². The van der Waals surface area contributed by atoms with E-state index < -0.39 is 7.87 Å². The minimum atomic E-state index is -2.93. The summed E-state index contributed by atoms with van der Waals surface area (Å²) >= 11 is 0. The van der Waals surface area contributed by atoms with Gasteiger partial charge in [-0.3, -0.25) is 0 Å². The molecule has 0 aliphatic heterocycles. The summed E-state index contributed by atoms with van der Waals surface area (Å²) in [6.45, 7) is 6.03. The van der Waals surface area contributed by atoms with Crippen LogP contribution in [0, 0.1) is 0 Å². The molecule has 8 aromatic carbocycles. The first-order valence-electron chi connectivity index (χ1n) is 21.4. The Morgan fingerprint density at radius 2 is 0.295 bits per heavy atom. The van der Waals surface area contributed by atoms with Crippen LogP contribution in [0.4, 0.5) is 0 Å². The molecule has 61 heavy (non-hydrogen) atoms. The van der Waals surface area contributed by atoms with Gasteiger partial charge in [0.2, 0.25) is 0 Å². The molecule has 304 valence electrons. The van der Waals surface area contributed by atoms with Gasteiger partial charge in [0, 0.05) is 0 Å². The van der Waals surface area contributed by atoms with E-state index in [2.05, 4.69) is 261 Å². The molecule has 8 aromatic rings. The Kier molecular flexibility index (Phi) is 14.7. The molecule has 0 amide bonds. The summed E-state index contributed by atoms with van der Waals surface area (Å²) in [5.41, 5.74) is 10.3. The Morgan fingerprint density at radius 1 is 0.180 bits per heavy atom. The summed E-state index contributed by atoms with van der Waals surface area (Å²) in [6, 6.07) is 89.1. The molecule has 0 heterocycles. The molecule has 0 spiro atoms. The second kappa shape index (κ2) is 21.5. The number of benzene rings is 8. The lowest BCUT2D eigenvalue weighted by Crippen LogP contribution is -2.51. The highest BCUT2D eigenvalue weighted by Crippen LogP contribution is 2.73. The Morgan fingerprint density at radius 3 is 0.410 bits per heavy atom. The molecule has 0 N–H and O–H groups in total. The summed E-state index contributed by atoms with van der Waals surface area (Å²) in [6.07, 6.45) is 0. The van der Waals surface area contributed by atoms with Crippen molar-refractivity contribution in [3.8, 4) is 0 Å². The Hall–Kier alpha value is -5.97. The SMILES string of the molecule is c1ccc(CN(Cc2ccccc2)[P+](N(Cc2ccccc2)Cc2ccccc2)(N(Cc2ccccc2)Cc2ccccc2)N(Cc2ccccc2)Cc2ccccc2)cc1. The normalized spacial score (nSPS) is 11.7. The fraction of sp³-hybridized carbons (Fsp3) is 0.143. The van der Waals surface area contributed by atoms with Gasteiger partial charge < -0.3 is 0 Å². The summed E-state index contributed by atoms with van der Waals surface area (Å²) in [7, 11) is -2.93. The molecule has 0 atom stereocenters. The number of nitrogens with zero attached hydrogens (tertiary/aromatic N) is 4. The molecule has 0 fully saturated rings. The number of hydrogen-bond acceptors (Lipinski definition) is 4. The summed E-state index contributed by atoms with van der Waals surface area (Å²) in [4.78, 5) is 0. The zero-order valence-corrected chi connectivity index (χ0v) is 35.9. The van der Waals surface area contributed by atoms with Crippen LogP contribution in [-0.2, 0) is 52.4 Å². The molecular weight excluding hydrogens is 760 g/mol. The van der Waals surface area contributed by atoms with Gasteiger partial charge in [-0.05, 0) is 44.5 Å². The lowest BCUT2D eigenvalue weighted by atomic mass is 10.2. The highest BCUT2D eigenvalue weighted by Gasteiger charge is 2.62. The highest BCUT2D eigenvalue weighted by atomic mass is 31.2. The molecule has 0 aliphatic rings. The average Bonchev–Trinajstić information content (AvgIpc) is 3.32. The van der Waals surface area contributed by atoms with Gasteiger partial charge in [-0.25, -0.2) is 0 Å². The van der Waals surface area contributed by atoms with Crippen molar-refractivity contribution >= 4 is 7.87 Å². The van der Waals surface area contributed by atoms with E-state index in [1.54, 1.807) is 0 Å². The van der Waals surface area contributed by atoms with E-state index in [0.29, 0.717) is 0 Å². The van der Waals surface area contributed by atoms with Crippen molar-refractivity contribution in [1.82, 2.24) is 18.7 Å². The van der Waals surface area contributed by atoms with Gasteiger partial charge in [0.25, 0.3) is 0 Å². The zero-order valence-electron chi connectivity index (χ0n) is 35.0. The molecule has 0 unspecified atom stereocenters. The molecule has 5 heteroatoms. The Bertz CT molecular complexity index is 1900. The predicted octanol–water partition coefficient (Wildman–Crippen LogP) is 13.5. The third-order valence-electron chi connectivity index (χ3n) is 11.2. The summed E-state index contributed by atoms with van der Waals surface area (Å²) in [5, 5.41) is 0. The topological polar surface area (TPSA) is 13.0 Å². The van der Waals surface area contributed by atoms with E-state index in [4.69, 9.17) is 0 Å². The molecular formula is C56H56N4P+. The van der Waals surface area contributed by atoms with Crippen LogP contribution in [0.2, 0.25) is 0 Å². The van der Waals surface area contributed by atoms with Gasteiger partial charge in [-0.1, -0.05) is 243 Å². The molecule has 0 radical (unpaired) electrons. The lowest BCUT2D eigenvalue weighted by molar-refractivity contribution is 0.208. The van der Waals surface area contributed by atoms with E-state index in [1.807, 2.05) is 0 Å². The molecule has 0 saturated carbocycles. The summed E-state index contributed by atoms with van der Waals surface area (Å²) in [5.74, 6) is 0. The second-order valence-electron chi connectivity index (χ2n) is 15.7. The van der Waals surface area contributed by atoms with Crippen molar-refractivity contribution in [2.45, 2.75) is 52.4 Å². The van der Waals surface area contributed by atoms with Crippen molar-refractivity contribution in [1.29, 1.82) is 0 Å². The van der Waals surface area contributed by atoms with E-state index >= 15 is 0 Å². The average molecular weight is 816 g/mol. The molecule has 0 bridgehead atoms. The fourth-order valence-corrected chi connectivity index (χ4v) is 13.4. The minimum Gasteiger partial charge on any atom is -0.124 e. The maximum Gasteiger partial charge on any atom is 0.311 e. The monoisotopic (exact) mass is 815 g/mol. The molecule has 4 nitrogen and oxygen atoms in total. The van der Waals surface area contributed by atoms with E-state index in [9.17, 15) is 0 Å². The largest absolute Gasteiger partial charge is 0.311 e. The van der Waals surface area contributed by atoms with Crippen LogP contribution in [-0.4, -0.2) is 18.7 Å². The van der Waals surface area contributed by atoms with Gasteiger partial charge in [0.1, 0.15) is 0 Å². The van der Waals surface area contributed by atoms with Gasteiger partial charge in [-0.2, -0.15) is 0 Å². The van der Waals surface area contributed by atoms with Crippen molar-refractivity contribution in [2.75, 3.05) is 0 Å². The first-order chi connectivity index (χ1) is 30.2. The summed E-state index contributed by atoms with van der Waals surface area (Å²) < 4.78 is 11.6. The zero-order chi connectivity index (χ0) is 41.4. The third kappa shape index (κ3) is 11.2. The van der Waals surface area contributed by atoms with Crippen molar-refractivity contribution < 1.29 is 0 Å². The van der Waals surface area contributed by atoms with Crippen LogP contribution in [0.5, 0.6) is 0 Å². The van der Waals surface area contributed by atoms with Gasteiger partial charge in [0.15, 0.2) is 0 Å². The van der Waals surface area contributed by atoms with E-state index in [0.717, 1.165) is 52.4 Å². The molecule has 0 aromatic heterocycles. The van der Waals surface area contributed by atoms with Crippen molar-refractivity contribution in [3.05, 3.63) is 287 Å². The maximum absolute atomic E-state index is 2.93. The first kappa shape index (κ1) is 41.8. The van der Waals surface area contributed by atoms with Gasteiger partial charge in [-0.15, -0.1) is 18.7 Å². The van der Waals surface area contributed by atoms with Gasteiger partial charge in [0.05, 0.1) is 52.4 Å². The van der Waals surface area contributed by atoms with Crippen molar-refractivity contribution in [3.63, 3.8) is 0 Å². The number of rotatable bonds is 20. The Balaban J connectivity index is 1.48. The molecule has 0 saturated heterocycles. The Labute approximate surface area is 364 Å². The second-order valence-corrected chi connectivity index (χ2v) is 19.0. The number of hydrogen-bond donors (Lipinski definition) is 0. The fourth-order valence-electron chi connectivity index (χ4n) is 8.41. The first-order valence-corrected chi connectivity index (χ1v) is 23.0. The van der Waals surface area contributed by atoms with Crippen LogP contribution in [0.3, 0.4) is 0 Å². The van der Waals surface area contributed by atoms with Crippen LogP contribution >= 0.6 is 7.87 Å². The minimum absolute atomic E-state index is 0.754. The van der Waals surface area contributed by atoms with Crippen LogP contribution in [0.1, 0.15) is 44.5 Å². The van der Waals surface area contributed by atoms with Gasteiger partial charge >= 0.3 is 7.87 Å². The quantitative estimate of drug-likeness (QED) is 0.0711. The lowest BCUT2D eigenvalue weighted by Gasteiger charge is -2.52. The van der Waals surface area contributed by atoms with E-state index in [-0.39, 0.29) is 0 Å². The molecule has 0 aliphatic carbocycles. The smallest absolute Gasteiger partial charge is 0.124 e. The van der Waals surface area contributed by atoms with Crippen molar-refractivity contribution in [2.24, 2.45) is 0 Å². The standard InChI is InChI=1S/C56H56N4P/c1-9-25-49(26-10-1)41-57(42-50-27-11-2-12-28-50)61(58(43-51-29-13-3-14-30-51)44-52-31-15-4-16-32-52,59(45-53-33-17-5-18-34-53)46-54-35-19-6-20-36-54)60(47-55-37-21-7-22-38-55)48-56-39-23-8-24-40-56/h1-40H,41-48H2/q+1. The molecule has 8 rings (SSSR count). The van der Waals surface area contributed by atoms with Crippen LogP contribution in [0.15, 0.2) is 243 Å². The third-order valence-corrected chi connectivity index (χ3v) is 15.3.